The summed E-state index contributed by atoms with van der Waals surface area (Å²) >= 11 is 6.30. The SMILES string of the molecule is Cc1ccc(-c2cnc(N(c3ccc4cn[nH]c4c3)N(c3ccc4cn[nH]c4c3)c3ncc(-c4cccc(Cl)c4)o3)o2)cc1. The first-order valence-corrected chi connectivity index (χ1v) is 14.2. The fourth-order valence-corrected chi connectivity index (χ4v) is 5.28. The van der Waals surface area contributed by atoms with E-state index in [0.29, 0.717) is 22.6 Å². The molecule has 214 valence electrons. The van der Waals surface area contributed by atoms with Crippen LogP contribution in [-0.4, -0.2) is 30.4 Å². The molecule has 0 radical (unpaired) electrons. The topological polar surface area (TPSA) is 116 Å². The molecule has 0 atom stereocenters. The van der Waals surface area contributed by atoms with Gasteiger partial charge in [-0.2, -0.15) is 30.2 Å². The van der Waals surface area contributed by atoms with Crippen LogP contribution in [0.5, 0.6) is 0 Å². The zero-order valence-corrected chi connectivity index (χ0v) is 24.0. The van der Waals surface area contributed by atoms with E-state index in [1.165, 1.54) is 0 Å². The molecule has 0 bridgehead atoms. The van der Waals surface area contributed by atoms with Crippen LogP contribution < -0.4 is 10.0 Å². The Morgan fingerprint density at radius 2 is 1.18 bits per heavy atom. The van der Waals surface area contributed by atoms with Gasteiger partial charge in [-0.1, -0.05) is 53.6 Å². The maximum Gasteiger partial charge on any atom is 0.322 e. The summed E-state index contributed by atoms with van der Waals surface area (Å²) in [5.41, 5.74) is 5.99. The summed E-state index contributed by atoms with van der Waals surface area (Å²) in [6.45, 7) is 2.05. The number of oxazole rings is 2. The van der Waals surface area contributed by atoms with Gasteiger partial charge in [-0.3, -0.25) is 10.2 Å². The number of aryl methyl sites for hydroxylation is 1. The maximum atomic E-state index is 6.46. The van der Waals surface area contributed by atoms with Crippen LogP contribution in [0.15, 0.2) is 119 Å². The number of H-pyrrole nitrogens is 2. The van der Waals surface area contributed by atoms with Gasteiger partial charge in [0.2, 0.25) is 0 Å². The van der Waals surface area contributed by atoms with Gasteiger partial charge in [-0.05, 0) is 55.5 Å². The van der Waals surface area contributed by atoms with E-state index >= 15 is 0 Å². The molecule has 0 unspecified atom stereocenters. The Balaban J connectivity index is 1.33. The zero-order valence-electron chi connectivity index (χ0n) is 23.3. The number of aromatic nitrogens is 6. The van der Waals surface area contributed by atoms with Crippen molar-refractivity contribution < 1.29 is 8.83 Å². The number of halogens is 1. The van der Waals surface area contributed by atoms with Crippen molar-refractivity contribution in [3.05, 3.63) is 120 Å². The third kappa shape index (κ3) is 4.63. The Labute approximate surface area is 255 Å². The summed E-state index contributed by atoms with van der Waals surface area (Å²) in [6.07, 6.45) is 6.94. The van der Waals surface area contributed by atoms with Crippen molar-refractivity contribution in [3.8, 4) is 22.6 Å². The highest BCUT2D eigenvalue weighted by Crippen LogP contribution is 2.40. The first-order valence-electron chi connectivity index (χ1n) is 13.8. The number of hydrazine groups is 1. The van der Waals surface area contributed by atoms with Gasteiger partial charge in [-0.15, -0.1) is 0 Å². The van der Waals surface area contributed by atoms with Crippen LogP contribution >= 0.6 is 11.6 Å². The van der Waals surface area contributed by atoms with Crippen LogP contribution in [0.3, 0.4) is 0 Å². The number of hydrogen-bond donors (Lipinski definition) is 2. The minimum absolute atomic E-state index is 0.277. The summed E-state index contributed by atoms with van der Waals surface area (Å²) in [4.78, 5) is 9.47. The van der Waals surface area contributed by atoms with Crippen LogP contribution in [0, 0.1) is 6.92 Å². The van der Waals surface area contributed by atoms with Gasteiger partial charge in [0, 0.05) is 26.9 Å². The zero-order chi connectivity index (χ0) is 29.6. The monoisotopic (exact) mass is 598 g/mol. The number of aromatic amines is 2. The molecule has 0 spiro atoms. The molecule has 0 aliphatic carbocycles. The second-order valence-electron chi connectivity index (χ2n) is 10.3. The molecule has 10 nitrogen and oxygen atoms in total. The van der Waals surface area contributed by atoms with Crippen molar-refractivity contribution in [1.29, 1.82) is 0 Å². The van der Waals surface area contributed by atoms with Crippen molar-refractivity contribution in [2.75, 3.05) is 10.0 Å². The van der Waals surface area contributed by atoms with Gasteiger partial charge < -0.3 is 8.83 Å². The van der Waals surface area contributed by atoms with Gasteiger partial charge in [0.05, 0.1) is 47.2 Å². The molecule has 8 aromatic rings. The Bertz CT molecular complexity index is 2250. The fraction of sp³-hybridized carbons (Fsp3) is 0.0303. The second kappa shape index (κ2) is 10.4. The lowest BCUT2D eigenvalue weighted by Crippen LogP contribution is -2.36. The van der Waals surface area contributed by atoms with E-state index < -0.39 is 0 Å². The number of anilines is 4. The van der Waals surface area contributed by atoms with Crippen LogP contribution in [-0.2, 0) is 0 Å². The molecule has 4 heterocycles. The van der Waals surface area contributed by atoms with Crippen molar-refractivity contribution in [2.45, 2.75) is 6.92 Å². The number of nitrogens with one attached hydrogen (secondary N) is 2. The van der Waals surface area contributed by atoms with E-state index in [-0.39, 0.29) is 6.01 Å². The Morgan fingerprint density at radius 1 is 0.614 bits per heavy atom. The third-order valence-corrected chi connectivity index (χ3v) is 7.57. The fourth-order valence-electron chi connectivity index (χ4n) is 5.09. The standard InChI is InChI=1S/C33H23ClN8O2/c1-20-5-7-21(8-6-20)30-18-35-32(43-30)41(26-11-9-23-16-37-39-28(23)14-26)42(27-12-10-24-17-38-40-29(24)15-27)33-36-19-31(44-33)22-3-2-4-25(34)13-22/h2-19H,1H3,(H,37,39)(H,38,40). The van der Waals surface area contributed by atoms with Crippen LogP contribution in [0.2, 0.25) is 5.02 Å². The van der Waals surface area contributed by atoms with Gasteiger partial charge in [0.1, 0.15) is 0 Å². The maximum absolute atomic E-state index is 6.46. The third-order valence-electron chi connectivity index (χ3n) is 7.33. The number of rotatable bonds is 7. The van der Waals surface area contributed by atoms with Crippen molar-refractivity contribution in [2.24, 2.45) is 0 Å². The van der Waals surface area contributed by atoms with Gasteiger partial charge in [-0.25, -0.2) is 0 Å². The Morgan fingerprint density at radius 3 is 1.75 bits per heavy atom. The van der Waals surface area contributed by atoms with E-state index in [1.807, 2.05) is 102 Å². The first kappa shape index (κ1) is 25.8. The minimum Gasteiger partial charge on any atom is -0.422 e. The predicted molar refractivity (Wildman–Crippen MR) is 170 cm³/mol. The van der Waals surface area contributed by atoms with E-state index in [4.69, 9.17) is 30.4 Å². The van der Waals surface area contributed by atoms with E-state index in [2.05, 4.69) is 20.4 Å². The minimum atomic E-state index is 0.277. The lowest BCUT2D eigenvalue weighted by Gasteiger charge is -2.32. The number of fused-ring (bicyclic) bond motifs is 2. The smallest absolute Gasteiger partial charge is 0.322 e. The molecule has 0 aliphatic heterocycles. The average Bonchev–Trinajstić information content (AvgIpc) is 3.87. The normalized spacial score (nSPS) is 11.4. The molecular weight excluding hydrogens is 576 g/mol. The Kier molecular flexibility index (Phi) is 6.13. The molecule has 0 saturated heterocycles. The highest BCUT2D eigenvalue weighted by molar-refractivity contribution is 6.30. The molecule has 8 rings (SSSR count). The number of nitrogens with zero attached hydrogens (tertiary/aromatic N) is 6. The van der Waals surface area contributed by atoms with E-state index in [9.17, 15) is 0 Å². The molecule has 44 heavy (non-hydrogen) atoms. The van der Waals surface area contributed by atoms with Crippen LogP contribution in [0.25, 0.3) is 44.5 Å². The molecule has 0 amide bonds. The molecule has 4 aromatic carbocycles. The number of benzene rings is 4. The molecule has 0 fully saturated rings. The van der Waals surface area contributed by atoms with Crippen molar-refractivity contribution in [1.82, 2.24) is 30.4 Å². The molecule has 0 saturated carbocycles. The first-order chi connectivity index (χ1) is 21.6. The second-order valence-corrected chi connectivity index (χ2v) is 10.7. The lowest BCUT2D eigenvalue weighted by molar-refractivity contribution is 0.537. The van der Waals surface area contributed by atoms with Crippen LogP contribution in [0.1, 0.15) is 5.56 Å². The van der Waals surface area contributed by atoms with Crippen molar-refractivity contribution >= 4 is 56.8 Å². The summed E-state index contributed by atoms with van der Waals surface area (Å²) in [7, 11) is 0. The van der Waals surface area contributed by atoms with Crippen molar-refractivity contribution in [3.63, 3.8) is 0 Å². The van der Waals surface area contributed by atoms with Crippen LogP contribution in [0.4, 0.5) is 23.4 Å². The molecule has 0 aliphatic rings. The predicted octanol–water partition coefficient (Wildman–Crippen LogP) is 8.60. The lowest BCUT2D eigenvalue weighted by atomic mass is 10.1. The van der Waals surface area contributed by atoms with Gasteiger partial charge >= 0.3 is 12.0 Å². The van der Waals surface area contributed by atoms with E-state index in [1.54, 1.807) is 24.8 Å². The average molecular weight is 599 g/mol. The molecule has 4 aromatic heterocycles. The summed E-state index contributed by atoms with van der Waals surface area (Å²) < 4.78 is 12.9. The van der Waals surface area contributed by atoms with Gasteiger partial charge in [0.25, 0.3) is 0 Å². The number of hydrogen-bond acceptors (Lipinski definition) is 8. The molecular formula is C33H23ClN8O2. The summed E-state index contributed by atoms with van der Waals surface area (Å²) in [5, 5.41) is 20.7. The highest BCUT2D eigenvalue weighted by atomic mass is 35.5. The van der Waals surface area contributed by atoms with E-state index in [0.717, 1.165) is 49.9 Å². The summed E-state index contributed by atoms with van der Waals surface area (Å²) in [6, 6.07) is 27.9. The summed E-state index contributed by atoms with van der Waals surface area (Å²) in [5.74, 6) is 1.16. The highest BCUT2D eigenvalue weighted by Gasteiger charge is 2.30. The quantitative estimate of drug-likeness (QED) is 0.175. The largest absolute Gasteiger partial charge is 0.422 e. The van der Waals surface area contributed by atoms with Gasteiger partial charge in [0.15, 0.2) is 11.5 Å². The molecule has 11 heteroatoms. The Hall–Kier alpha value is -5.87. The molecule has 2 N–H and O–H groups in total.